The summed E-state index contributed by atoms with van der Waals surface area (Å²) in [6.45, 7) is 1.99. The van der Waals surface area contributed by atoms with E-state index in [1.807, 2.05) is 49.4 Å². The molecule has 0 aliphatic carbocycles. The minimum absolute atomic E-state index is 0.0983. The summed E-state index contributed by atoms with van der Waals surface area (Å²) in [5.74, 6) is -0.277. The van der Waals surface area contributed by atoms with Gasteiger partial charge in [-0.1, -0.05) is 43.3 Å². The first-order valence-electron chi connectivity index (χ1n) is 6.59. The highest BCUT2D eigenvalue weighted by atomic mass is 16.2. The maximum absolute atomic E-state index is 12.1. The predicted molar refractivity (Wildman–Crippen MR) is 79.4 cm³/mol. The molecule has 0 aliphatic rings. The summed E-state index contributed by atoms with van der Waals surface area (Å²) >= 11 is 0. The van der Waals surface area contributed by atoms with Crippen LogP contribution in [0, 0.1) is 0 Å². The van der Waals surface area contributed by atoms with Crippen LogP contribution in [0.5, 0.6) is 0 Å². The van der Waals surface area contributed by atoms with E-state index < -0.39 is 0 Å². The fraction of sp³-hybridized carbons (Fsp3) is 0.188. The van der Waals surface area contributed by atoms with Gasteiger partial charge in [0.05, 0.1) is 12.1 Å². The lowest BCUT2D eigenvalue weighted by molar-refractivity contribution is -0.122. The Morgan fingerprint density at radius 3 is 2.75 bits per heavy atom. The summed E-state index contributed by atoms with van der Waals surface area (Å²) in [5, 5.41) is 3.97. The number of carbonyl (C=O) groups is 1. The molecule has 0 saturated carbocycles. The highest BCUT2D eigenvalue weighted by Crippen LogP contribution is 2.18. The average Bonchev–Trinajstić information content (AvgIpc) is 2.50. The number of aromatic nitrogens is 1. The summed E-state index contributed by atoms with van der Waals surface area (Å²) < 4.78 is 0. The minimum Gasteiger partial charge on any atom is -0.272 e. The van der Waals surface area contributed by atoms with Gasteiger partial charge in [0, 0.05) is 18.0 Å². The second-order valence-electron chi connectivity index (χ2n) is 4.39. The molecule has 2 rings (SSSR count). The molecule has 1 N–H and O–H groups in total. The molecule has 4 nitrogen and oxygen atoms in total. The van der Waals surface area contributed by atoms with Crippen molar-refractivity contribution in [3.63, 3.8) is 0 Å². The lowest BCUT2D eigenvalue weighted by Crippen LogP contribution is -2.25. The molecule has 2 aromatic rings. The number of benzene rings is 1. The van der Waals surface area contributed by atoms with Crippen LogP contribution < -0.4 is 5.43 Å². The normalized spacial score (nSPS) is 12.2. The molecule has 0 bridgehead atoms. The maximum Gasteiger partial charge on any atom is 0.247 e. The first-order chi connectivity index (χ1) is 9.81. The lowest BCUT2D eigenvalue weighted by Gasteiger charge is -2.12. The zero-order valence-corrected chi connectivity index (χ0v) is 11.4. The highest BCUT2D eigenvalue weighted by Gasteiger charge is 2.17. The summed E-state index contributed by atoms with van der Waals surface area (Å²) in [5.41, 5.74) is 4.43. The Kier molecular flexibility index (Phi) is 5.00. The molecule has 1 aromatic heterocycles. The number of hydrogen-bond donors (Lipinski definition) is 1. The van der Waals surface area contributed by atoms with Crippen LogP contribution in [0.4, 0.5) is 0 Å². The van der Waals surface area contributed by atoms with Crippen molar-refractivity contribution in [1.82, 2.24) is 10.4 Å². The molecule has 0 radical (unpaired) electrons. The van der Waals surface area contributed by atoms with Crippen molar-refractivity contribution in [2.24, 2.45) is 5.10 Å². The van der Waals surface area contributed by atoms with Gasteiger partial charge in [0.1, 0.15) is 0 Å². The largest absolute Gasteiger partial charge is 0.272 e. The number of carbonyl (C=O) groups excluding carboxylic acids is 1. The van der Waals surface area contributed by atoms with Crippen LogP contribution in [0.1, 0.15) is 30.4 Å². The van der Waals surface area contributed by atoms with Crippen molar-refractivity contribution < 1.29 is 4.79 Å². The van der Waals surface area contributed by atoms with E-state index >= 15 is 0 Å². The van der Waals surface area contributed by atoms with Gasteiger partial charge in [0.15, 0.2) is 0 Å². The third-order valence-electron chi connectivity index (χ3n) is 3.00. The Hall–Kier alpha value is -2.49. The number of amides is 1. The maximum atomic E-state index is 12.1. The molecule has 1 aromatic carbocycles. The topological polar surface area (TPSA) is 54.4 Å². The summed E-state index contributed by atoms with van der Waals surface area (Å²) in [6.07, 6.45) is 5.70. The molecule has 102 valence electrons. The molecule has 0 saturated heterocycles. The number of rotatable bonds is 5. The van der Waals surface area contributed by atoms with Crippen LogP contribution in [0.3, 0.4) is 0 Å². The van der Waals surface area contributed by atoms with E-state index in [1.165, 1.54) is 0 Å². The van der Waals surface area contributed by atoms with E-state index in [0.717, 1.165) is 17.5 Å². The molecular weight excluding hydrogens is 250 g/mol. The molecule has 4 heteroatoms. The first kappa shape index (κ1) is 13.9. The quantitative estimate of drug-likeness (QED) is 0.669. The molecule has 20 heavy (non-hydrogen) atoms. The van der Waals surface area contributed by atoms with E-state index in [0.29, 0.717) is 0 Å². The number of pyridine rings is 1. The van der Waals surface area contributed by atoms with Crippen LogP contribution in [0.15, 0.2) is 60.0 Å². The minimum atomic E-state index is -0.178. The molecule has 1 heterocycles. The Balaban J connectivity index is 1.99. The van der Waals surface area contributed by atoms with Crippen molar-refractivity contribution in [2.45, 2.75) is 19.3 Å². The number of nitrogens with zero attached hydrogens (tertiary/aromatic N) is 2. The van der Waals surface area contributed by atoms with Gasteiger partial charge in [-0.2, -0.15) is 5.10 Å². The zero-order valence-electron chi connectivity index (χ0n) is 11.4. The first-order valence-corrected chi connectivity index (χ1v) is 6.59. The van der Waals surface area contributed by atoms with Gasteiger partial charge in [-0.15, -0.1) is 0 Å². The molecule has 1 amide bonds. The summed E-state index contributed by atoms with van der Waals surface area (Å²) in [4.78, 5) is 16.1. The van der Waals surface area contributed by atoms with Crippen LogP contribution in [-0.4, -0.2) is 17.1 Å². The predicted octanol–water partition coefficient (Wildman–Crippen LogP) is 2.73. The van der Waals surface area contributed by atoms with Crippen molar-refractivity contribution >= 4 is 12.1 Å². The highest BCUT2D eigenvalue weighted by molar-refractivity contribution is 5.85. The molecule has 1 atom stereocenters. The monoisotopic (exact) mass is 267 g/mol. The number of hydrogen-bond acceptors (Lipinski definition) is 3. The Morgan fingerprint density at radius 2 is 2.10 bits per heavy atom. The number of hydrazone groups is 1. The Morgan fingerprint density at radius 1 is 1.30 bits per heavy atom. The lowest BCUT2D eigenvalue weighted by atomic mass is 9.96. The van der Waals surface area contributed by atoms with Gasteiger partial charge in [0.25, 0.3) is 0 Å². The van der Waals surface area contributed by atoms with Gasteiger partial charge < -0.3 is 0 Å². The van der Waals surface area contributed by atoms with Crippen molar-refractivity contribution in [1.29, 1.82) is 0 Å². The molecule has 0 aliphatic heterocycles. The van der Waals surface area contributed by atoms with E-state index in [2.05, 4.69) is 15.5 Å². The van der Waals surface area contributed by atoms with Crippen molar-refractivity contribution in [2.75, 3.05) is 0 Å². The van der Waals surface area contributed by atoms with Crippen LogP contribution in [0.2, 0.25) is 0 Å². The van der Waals surface area contributed by atoms with Gasteiger partial charge in [-0.3, -0.25) is 9.78 Å². The average molecular weight is 267 g/mol. The summed E-state index contributed by atoms with van der Waals surface area (Å²) in [7, 11) is 0. The Labute approximate surface area is 118 Å². The van der Waals surface area contributed by atoms with Gasteiger partial charge >= 0.3 is 0 Å². The standard InChI is InChI=1S/C16H17N3O/c1-2-15(14-8-4-3-5-9-14)16(20)19-18-12-13-7-6-10-17-11-13/h3-12,15H,2H2,1H3,(H,19,20)/b18-12-/t15-/m0/s1. The fourth-order valence-corrected chi connectivity index (χ4v) is 1.96. The van der Waals surface area contributed by atoms with Crippen LogP contribution >= 0.6 is 0 Å². The zero-order chi connectivity index (χ0) is 14.2. The van der Waals surface area contributed by atoms with Crippen molar-refractivity contribution in [3.05, 3.63) is 66.0 Å². The number of nitrogens with one attached hydrogen (secondary N) is 1. The third-order valence-corrected chi connectivity index (χ3v) is 3.00. The third kappa shape index (κ3) is 3.75. The van der Waals surface area contributed by atoms with E-state index in [4.69, 9.17) is 0 Å². The summed E-state index contributed by atoms with van der Waals surface area (Å²) in [6, 6.07) is 13.4. The van der Waals surface area contributed by atoms with Crippen molar-refractivity contribution in [3.8, 4) is 0 Å². The van der Waals surface area contributed by atoms with Gasteiger partial charge in [0.2, 0.25) is 5.91 Å². The van der Waals surface area contributed by atoms with E-state index in [9.17, 15) is 4.79 Å². The molecular formula is C16H17N3O. The Bertz CT molecular complexity index is 567. The van der Waals surface area contributed by atoms with Crippen LogP contribution in [0.25, 0.3) is 0 Å². The SMILES string of the molecule is CC[C@H](C(=O)N/N=C\c1cccnc1)c1ccccc1. The second kappa shape index (κ2) is 7.19. The van der Waals surface area contributed by atoms with E-state index in [-0.39, 0.29) is 11.8 Å². The van der Waals surface area contributed by atoms with E-state index in [1.54, 1.807) is 18.6 Å². The molecule has 0 unspecified atom stereocenters. The molecule has 0 fully saturated rings. The fourth-order valence-electron chi connectivity index (χ4n) is 1.96. The van der Waals surface area contributed by atoms with Crippen LogP contribution in [-0.2, 0) is 4.79 Å². The van der Waals surface area contributed by atoms with Gasteiger partial charge in [-0.05, 0) is 18.1 Å². The molecule has 0 spiro atoms. The smallest absolute Gasteiger partial charge is 0.247 e. The second-order valence-corrected chi connectivity index (χ2v) is 4.39. The van der Waals surface area contributed by atoms with Gasteiger partial charge in [-0.25, -0.2) is 5.43 Å².